The molecule has 1 N–H and O–H groups in total. The van der Waals surface area contributed by atoms with Crippen molar-refractivity contribution in [3.05, 3.63) is 55.2 Å². The van der Waals surface area contributed by atoms with Crippen LogP contribution in [-0.4, -0.2) is 15.0 Å². The molecule has 0 saturated carbocycles. The predicted octanol–water partition coefficient (Wildman–Crippen LogP) is 4.51. The van der Waals surface area contributed by atoms with Gasteiger partial charge in [0.25, 0.3) is 5.56 Å². The summed E-state index contributed by atoms with van der Waals surface area (Å²) in [5.74, 6) is 0.315. The first-order chi connectivity index (χ1) is 11.7. The Hall–Kier alpha value is -1.93. The fourth-order valence-corrected chi connectivity index (χ4v) is 4.01. The molecule has 3 aromatic rings. The molecule has 3 aromatic heterocycles. The smallest absolute Gasteiger partial charge is 0.310 e. The van der Waals surface area contributed by atoms with Crippen LogP contribution in [0.25, 0.3) is 10.2 Å². The van der Waals surface area contributed by atoms with Gasteiger partial charge in [0.1, 0.15) is 10.7 Å². The first-order valence-electron chi connectivity index (χ1n) is 7.43. The summed E-state index contributed by atoms with van der Waals surface area (Å²) in [5, 5.41) is 0.453. The summed E-state index contributed by atoms with van der Waals surface area (Å²) in [6.07, 6.45) is -3.02. The number of nitrogens with zero attached hydrogens (tertiary/aromatic N) is 2. The average molecular weight is 388 g/mol. The highest BCUT2D eigenvalue weighted by Gasteiger charge is 2.31. The minimum atomic E-state index is -4.51. The Morgan fingerprint density at radius 3 is 2.68 bits per heavy atom. The van der Waals surface area contributed by atoms with Gasteiger partial charge in [-0.25, -0.2) is 4.98 Å². The number of aryl methyl sites for hydroxylation is 2. The topological polar surface area (TPSA) is 58.6 Å². The van der Waals surface area contributed by atoms with Crippen LogP contribution < -0.4 is 5.56 Å². The third-order valence-corrected chi connectivity index (χ3v) is 5.21. The van der Waals surface area contributed by atoms with E-state index in [2.05, 4.69) is 15.0 Å². The van der Waals surface area contributed by atoms with Crippen LogP contribution in [0.1, 0.15) is 34.4 Å². The molecule has 0 saturated heterocycles. The van der Waals surface area contributed by atoms with Gasteiger partial charge in [0, 0.05) is 17.5 Å². The van der Waals surface area contributed by atoms with Crippen molar-refractivity contribution in [1.29, 1.82) is 0 Å². The number of alkyl halides is 3. The zero-order chi connectivity index (χ0) is 18.4. The van der Waals surface area contributed by atoms with E-state index in [1.54, 1.807) is 0 Å². The van der Waals surface area contributed by atoms with E-state index in [1.165, 1.54) is 11.3 Å². The van der Waals surface area contributed by atoms with Crippen LogP contribution in [0.3, 0.4) is 0 Å². The summed E-state index contributed by atoms with van der Waals surface area (Å²) in [5.41, 5.74) is 0.0102. The Labute approximate surface area is 149 Å². The molecule has 9 heteroatoms. The van der Waals surface area contributed by atoms with Gasteiger partial charge in [-0.1, -0.05) is 18.5 Å². The third-order valence-electron chi connectivity index (χ3n) is 3.84. The monoisotopic (exact) mass is 387 g/mol. The van der Waals surface area contributed by atoms with Gasteiger partial charge in [0.05, 0.1) is 21.7 Å². The lowest BCUT2D eigenvalue weighted by atomic mass is 10.1. The van der Waals surface area contributed by atoms with Crippen LogP contribution in [0.4, 0.5) is 13.2 Å². The van der Waals surface area contributed by atoms with E-state index >= 15 is 0 Å². The number of nitrogens with one attached hydrogen (secondary N) is 1. The first-order valence-corrected chi connectivity index (χ1v) is 8.63. The van der Waals surface area contributed by atoms with E-state index in [-0.39, 0.29) is 22.7 Å². The minimum Gasteiger partial charge on any atom is -0.310 e. The highest BCUT2D eigenvalue weighted by Crippen LogP contribution is 2.32. The SMILES string of the molecule is CCc1c(C)sc2nc(Cc3ncc(C(F)(F)F)cc3Cl)[nH]c(=O)c12. The molecule has 3 rings (SSSR count). The lowest BCUT2D eigenvalue weighted by molar-refractivity contribution is -0.137. The summed E-state index contributed by atoms with van der Waals surface area (Å²) in [4.78, 5) is 24.9. The second-order valence-electron chi connectivity index (χ2n) is 5.51. The second-order valence-corrected chi connectivity index (χ2v) is 7.12. The zero-order valence-electron chi connectivity index (χ0n) is 13.3. The number of thiophene rings is 1. The normalized spacial score (nSPS) is 12.1. The number of rotatable bonds is 3. The molecule has 4 nitrogen and oxygen atoms in total. The fourth-order valence-electron chi connectivity index (χ4n) is 2.64. The van der Waals surface area contributed by atoms with E-state index in [0.717, 1.165) is 29.1 Å². The number of aromatic nitrogens is 3. The van der Waals surface area contributed by atoms with Crippen LogP contribution in [0.15, 0.2) is 17.1 Å². The van der Waals surface area contributed by atoms with Crippen LogP contribution in [0, 0.1) is 6.92 Å². The van der Waals surface area contributed by atoms with Gasteiger partial charge >= 0.3 is 6.18 Å². The van der Waals surface area contributed by atoms with E-state index in [0.29, 0.717) is 16.0 Å². The Bertz CT molecular complexity index is 1010. The number of fused-ring (bicyclic) bond motifs is 1. The maximum Gasteiger partial charge on any atom is 0.417 e. The van der Waals surface area contributed by atoms with E-state index in [4.69, 9.17) is 11.6 Å². The van der Waals surface area contributed by atoms with Gasteiger partial charge in [-0.05, 0) is 25.0 Å². The average Bonchev–Trinajstić information content (AvgIpc) is 2.84. The molecule has 0 spiro atoms. The van der Waals surface area contributed by atoms with Crippen molar-refractivity contribution in [3.63, 3.8) is 0 Å². The summed E-state index contributed by atoms with van der Waals surface area (Å²) < 4.78 is 38.0. The van der Waals surface area contributed by atoms with Gasteiger partial charge < -0.3 is 4.98 Å². The van der Waals surface area contributed by atoms with Crippen molar-refractivity contribution in [2.45, 2.75) is 32.9 Å². The quantitative estimate of drug-likeness (QED) is 0.719. The first kappa shape index (κ1) is 17.9. The molecule has 0 fully saturated rings. The summed E-state index contributed by atoms with van der Waals surface area (Å²) in [6.45, 7) is 3.90. The van der Waals surface area contributed by atoms with Crippen molar-refractivity contribution in [1.82, 2.24) is 15.0 Å². The minimum absolute atomic E-state index is 0.0422. The van der Waals surface area contributed by atoms with Crippen LogP contribution in [0.2, 0.25) is 5.02 Å². The van der Waals surface area contributed by atoms with Crippen molar-refractivity contribution < 1.29 is 13.2 Å². The summed E-state index contributed by atoms with van der Waals surface area (Å²) in [7, 11) is 0. The van der Waals surface area contributed by atoms with E-state index in [9.17, 15) is 18.0 Å². The number of halogens is 4. The molecular formula is C16H13ClF3N3OS. The number of H-pyrrole nitrogens is 1. The van der Waals surface area contributed by atoms with Gasteiger partial charge in [0.2, 0.25) is 0 Å². The fraction of sp³-hybridized carbons (Fsp3) is 0.312. The maximum absolute atomic E-state index is 12.7. The van der Waals surface area contributed by atoms with Crippen LogP contribution in [0.5, 0.6) is 0 Å². The largest absolute Gasteiger partial charge is 0.417 e. The summed E-state index contributed by atoms with van der Waals surface area (Å²) in [6, 6.07) is 0.824. The second kappa shape index (κ2) is 6.42. The lowest BCUT2D eigenvalue weighted by Gasteiger charge is -2.09. The Morgan fingerprint density at radius 2 is 2.08 bits per heavy atom. The van der Waals surface area contributed by atoms with Crippen molar-refractivity contribution in [3.8, 4) is 0 Å². The third kappa shape index (κ3) is 3.41. The van der Waals surface area contributed by atoms with Crippen LogP contribution >= 0.6 is 22.9 Å². The highest BCUT2D eigenvalue weighted by molar-refractivity contribution is 7.18. The zero-order valence-corrected chi connectivity index (χ0v) is 14.9. The molecule has 25 heavy (non-hydrogen) atoms. The Balaban J connectivity index is 2.00. The number of aromatic amines is 1. The number of pyridine rings is 1. The van der Waals surface area contributed by atoms with Gasteiger partial charge in [-0.2, -0.15) is 13.2 Å². The van der Waals surface area contributed by atoms with E-state index < -0.39 is 11.7 Å². The number of hydrogen-bond donors (Lipinski definition) is 1. The van der Waals surface area contributed by atoms with Crippen molar-refractivity contribution in [2.75, 3.05) is 0 Å². The van der Waals surface area contributed by atoms with E-state index in [1.807, 2.05) is 13.8 Å². The molecule has 0 aliphatic rings. The highest BCUT2D eigenvalue weighted by atomic mass is 35.5. The maximum atomic E-state index is 12.7. The molecule has 0 atom stereocenters. The van der Waals surface area contributed by atoms with Gasteiger partial charge in [0.15, 0.2) is 0 Å². The van der Waals surface area contributed by atoms with Crippen LogP contribution in [-0.2, 0) is 19.0 Å². The summed E-state index contributed by atoms with van der Waals surface area (Å²) >= 11 is 7.33. The number of hydrogen-bond acceptors (Lipinski definition) is 4. The predicted molar refractivity (Wildman–Crippen MR) is 91.4 cm³/mol. The molecule has 3 heterocycles. The molecule has 0 bridgehead atoms. The molecule has 0 unspecified atom stereocenters. The van der Waals surface area contributed by atoms with Crippen molar-refractivity contribution >= 4 is 33.2 Å². The molecular weight excluding hydrogens is 375 g/mol. The molecule has 132 valence electrons. The van der Waals surface area contributed by atoms with Gasteiger partial charge in [-0.15, -0.1) is 11.3 Å². The Kier molecular flexibility index (Phi) is 4.59. The molecule has 0 aromatic carbocycles. The molecule has 0 aliphatic carbocycles. The molecule has 0 radical (unpaired) electrons. The van der Waals surface area contributed by atoms with Crippen molar-refractivity contribution in [2.24, 2.45) is 0 Å². The Morgan fingerprint density at radius 1 is 1.36 bits per heavy atom. The molecule has 0 amide bonds. The lowest BCUT2D eigenvalue weighted by Crippen LogP contribution is -2.13. The molecule has 0 aliphatic heterocycles. The van der Waals surface area contributed by atoms with Gasteiger partial charge in [-0.3, -0.25) is 9.78 Å². The standard InChI is InChI=1S/C16H13ClF3N3OS/c1-3-9-7(2)25-15-13(9)14(24)22-12(23-15)5-11-10(17)4-8(6-21-11)16(18,19)20/h4,6H,3,5H2,1-2H3,(H,22,23,24).